The Labute approximate surface area is 184 Å². The van der Waals surface area contributed by atoms with Crippen molar-refractivity contribution in [3.05, 3.63) is 82.0 Å². The highest BCUT2D eigenvalue weighted by molar-refractivity contribution is 7.08. The zero-order valence-electron chi connectivity index (χ0n) is 17.1. The van der Waals surface area contributed by atoms with E-state index in [-0.39, 0.29) is 0 Å². The number of aliphatic hydroxyl groups is 2. The highest BCUT2D eigenvalue weighted by Gasteiger charge is 2.35. The number of aliphatic hydroxyl groups excluding tert-OH is 2. The molecular formula is C24H24N2O4S. The molecule has 3 N–H and O–H groups in total. The first-order valence-corrected chi connectivity index (χ1v) is 11.0. The van der Waals surface area contributed by atoms with Gasteiger partial charge in [0.15, 0.2) is 12.2 Å². The molecule has 0 bridgehead atoms. The van der Waals surface area contributed by atoms with Gasteiger partial charge in [-0.05, 0) is 51.6 Å². The van der Waals surface area contributed by atoms with Gasteiger partial charge in [-0.2, -0.15) is 11.3 Å². The van der Waals surface area contributed by atoms with Crippen LogP contribution in [0.3, 0.4) is 0 Å². The molecule has 0 fully saturated rings. The van der Waals surface area contributed by atoms with Crippen LogP contribution in [0, 0.1) is 0 Å². The summed E-state index contributed by atoms with van der Waals surface area (Å²) < 4.78 is 0. The summed E-state index contributed by atoms with van der Waals surface area (Å²) in [7, 11) is 0. The first-order chi connectivity index (χ1) is 14.9. The van der Waals surface area contributed by atoms with Crippen molar-refractivity contribution in [3.63, 3.8) is 0 Å². The van der Waals surface area contributed by atoms with Crippen molar-refractivity contribution in [1.29, 1.82) is 0 Å². The molecule has 0 aliphatic carbocycles. The molecule has 1 aliphatic rings. The number of nitrogens with zero attached hydrogens (tertiary/aromatic N) is 1. The number of benzene rings is 2. The fourth-order valence-corrected chi connectivity index (χ4v) is 4.39. The molecule has 0 saturated heterocycles. The quantitative estimate of drug-likeness (QED) is 0.554. The number of hydrogen-bond acceptors (Lipinski definition) is 5. The first kappa shape index (κ1) is 21.2. The average molecular weight is 437 g/mol. The maximum Gasteiger partial charge on any atom is 0.255 e. The minimum absolute atomic E-state index is 0.354. The Morgan fingerprint density at radius 3 is 2.16 bits per heavy atom. The topological polar surface area (TPSA) is 89.9 Å². The monoisotopic (exact) mass is 436 g/mol. The van der Waals surface area contributed by atoms with Gasteiger partial charge in [-0.25, -0.2) is 0 Å². The largest absolute Gasteiger partial charge is 0.380 e. The lowest BCUT2D eigenvalue weighted by atomic mass is 10.0. The van der Waals surface area contributed by atoms with Crippen LogP contribution in [-0.4, -0.2) is 39.1 Å². The Morgan fingerprint density at radius 2 is 1.58 bits per heavy atom. The summed E-state index contributed by atoms with van der Waals surface area (Å²) in [6, 6.07) is 17.0. The molecule has 4 rings (SSSR count). The molecular weight excluding hydrogens is 412 g/mol. The molecule has 3 aromatic rings. The van der Waals surface area contributed by atoms with Crippen molar-refractivity contribution >= 4 is 23.2 Å². The van der Waals surface area contributed by atoms with Crippen LogP contribution in [0.15, 0.2) is 65.4 Å². The molecule has 160 valence electrons. The Balaban J connectivity index is 1.35. The van der Waals surface area contributed by atoms with Gasteiger partial charge in [-0.1, -0.05) is 48.5 Å². The minimum atomic E-state index is -1.84. The lowest BCUT2D eigenvalue weighted by Crippen LogP contribution is -2.50. The number of nitrogens with one attached hydrogen (secondary N) is 1. The summed E-state index contributed by atoms with van der Waals surface area (Å²) in [5, 5.41) is 27.4. The van der Waals surface area contributed by atoms with Crippen LogP contribution < -0.4 is 5.32 Å². The third kappa shape index (κ3) is 4.54. The van der Waals surface area contributed by atoms with E-state index in [1.807, 2.05) is 60.0 Å². The van der Waals surface area contributed by atoms with Gasteiger partial charge in [0.1, 0.15) is 0 Å². The number of carbonyl (C=O) groups excluding carboxylic acids is 2. The smallest absolute Gasteiger partial charge is 0.255 e. The molecule has 3 atom stereocenters. The van der Waals surface area contributed by atoms with E-state index in [1.54, 1.807) is 18.3 Å². The molecule has 2 aromatic carbocycles. The molecule has 6 nitrogen and oxygen atoms in total. The highest BCUT2D eigenvalue weighted by atomic mass is 32.1. The van der Waals surface area contributed by atoms with Gasteiger partial charge in [-0.3, -0.25) is 9.59 Å². The zero-order chi connectivity index (χ0) is 22.0. The van der Waals surface area contributed by atoms with Gasteiger partial charge in [0.25, 0.3) is 11.8 Å². The van der Waals surface area contributed by atoms with Crippen LogP contribution in [0.2, 0.25) is 0 Å². The van der Waals surface area contributed by atoms with Crippen LogP contribution in [0.4, 0.5) is 0 Å². The number of fused-ring (bicyclic) bond motifs is 1. The van der Waals surface area contributed by atoms with Crippen molar-refractivity contribution in [1.82, 2.24) is 10.2 Å². The standard InChI is InChI=1S/C24H24N2O4S/c1-15(16-6-8-17(9-7-16)20-10-11-31-14-20)25-23(29)21(27)22(28)24(30)26-12-18-4-2-3-5-19(18)13-26/h2-11,14-15,21-22,27-28H,12-13H2,1H3,(H,25,29)/t15?,21?,22-/m1/s1. The van der Waals surface area contributed by atoms with E-state index in [9.17, 15) is 19.8 Å². The first-order valence-electron chi connectivity index (χ1n) is 10.1. The summed E-state index contributed by atoms with van der Waals surface area (Å²) in [5.74, 6) is -1.45. The summed E-state index contributed by atoms with van der Waals surface area (Å²) in [6.45, 7) is 2.50. The van der Waals surface area contributed by atoms with Crippen molar-refractivity contribution in [2.24, 2.45) is 0 Å². The van der Waals surface area contributed by atoms with Crippen LogP contribution in [0.5, 0.6) is 0 Å². The van der Waals surface area contributed by atoms with Gasteiger partial charge in [0.2, 0.25) is 0 Å². The number of carbonyl (C=O) groups is 2. The number of thiophene rings is 1. The van der Waals surface area contributed by atoms with Gasteiger partial charge >= 0.3 is 0 Å². The van der Waals surface area contributed by atoms with Crippen molar-refractivity contribution in [3.8, 4) is 11.1 Å². The maximum absolute atomic E-state index is 12.6. The van der Waals surface area contributed by atoms with E-state index in [1.165, 1.54) is 4.90 Å². The Kier molecular flexibility index (Phi) is 6.18. The number of amides is 2. The molecule has 2 unspecified atom stereocenters. The van der Waals surface area contributed by atoms with Gasteiger partial charge in [0, 0.05) is 13.1 Å². The fourth-order valence-electron chi connectivity index (χ4n) is 3.73. The van der Waals surface area contributed by atoms with Crippen LogP contribution in [-0.2, 0) is 22.7 Å². The van der Waals surface area contributed by atoms with Crippen LogP contribution in [0.25, 0.3) is 11.1 Å². The third-order valence-electron chi connectivity index (χ3n) is 5.60. The molecule has 0 spiro atoms. The van der Waals surface area contributed by atoms with E-state index in [0.717, 1.165) is 27.8 Å². The molecule has 1 aromatic heterocycles. The van der Waals surface area contributed by atoms with E-state index in [0.29, 0.717) is 13.1 Å². The van der Waals surface area contributed by atoms with Crippen molar-refractivity contribution in [2.45, 2.75) is 38.3 Å². The summed E-state index contributed by atoms with van der Waals surface area (Å²) >= 11 is 1.63. The Morgan fingerprint density at radius 1 is 0.935 bits per heavy atom. The van der Waals surface area contributed by atoms with E-state index < -0.39 is 30.1 Å². The number of hydrogen-bond donors (Lipinski definition) is 3. The van der Waals surface area contributed by atoms with E-state index in [4.69, 9.17) is 0 Å². The lowest BCUT2D eigenvalue weighted by molar-refractivity contribution is -0.153. The second-order valence-electron chi connectivity index (χ2n) is 7.72. The molecule has 2 amide bonds. The Bertz CT molecular complexity index is 1040. The molecule has 2 heterocycles. The predicted molar refractivity (Wildman–Crippen MR) is 119 cm³/mol. The fraction of sp³-hybridized carbons (Fsp3) is 0.250. The third-order valence-corrected chi connectivity index (χ3v) is 6.28. The average Bonchev–Trinajstić information content (AvgIpc) is 3.47. The lowest BCUT2D eigenvalue weighted by Gasteiger charge is -2.24. The highest BCUT2D eigenvalue weighted by Crippen LogP contribution is 2.25. The van der Waals surface area contributed by atoms with Gasteiger partial charge in [-0.15, -0.1) is 0 Å². The summed E-state index contributed by atoms with van der Waals surface area (Å²) in [4.78, 5) is 26.5. The summed E-state index contributed by atoms with van der Waals surface area (Å²) in [5.41, 5.74) is 5.07. The van der Waals surface area contributed by atoms with E-state index >= 15 is 0 Å². The normalized spacial score (nSPS) is 15.8. The number of rotatable bonds is 6. The second kappa shape index (κ2) is 9.01. The minimum Gasteiger partial charge on any atom is -0.380 e. The van der Waals surface area contributed by atoms with Crippen LogP contribution >= 0.6 is 11.3 Å². The molecule has 0 saturated carbocycles. The van der Waals surface area contributed by atoms with Crippen LogP contribution in [0.1, 0.15) is 29.7 Å². The Hall–Kier alpha value is -3.00. The SMILES string of the molecule is CC(NC(=O)C(O)[C@@H](O)C(=O)N1Cc2ccccc2C1)c1ccc(-c2ccsc2)cc1. The van der Waals surface area contributed by atoms with Gasteiger partial charge < -0.3 is 20.4 Å². The van der Waals surface area contributed by atoms with E-state index in [2.05, 4.69) is 10.7 Å². The van der Waals surface area contributed by atoms with Gasteiger partial charge in [0.05, 0.1) is 6.04 Å². The molecule has 1 aliphatic heterocycles. The molecule has 0 radical (unpaired) electrons. The van der Waals surface area contributed by atoms with Crippen molar-refractivity contribution in [2.75, 3.05) is 0 Å². The maximum atomic E-state index is 12.6. The van der Waals surface area contributed by atoms with Crippen molar-refractivity contribution < 1.29 is 19.8 Å². The second-order valence-corrected chi connectivity index (χ2v) is 8.50. The zero-order valence-corrected chi connectivity index (χ0v) is 17.9. The summed E-state index contributed by atoms with van der Waals surface area (Å²) in [6.07, 6.45) is -3.66. The molecule has 7 heteroatoms. The molecule has 31 heavy (non-hydrogen) atoms. The predicted octanol–water partition coefficient (Wildman–Crippen LogP) is 2.86.